The van der Waals surface area contributed by atoms with Crippen LogP contribution in [0, 0.1) is 12.8 Å². The maximum Gasteiger partial charge on any atom is 0.434 e. The second-order valence-electron chi connectivity index (χ2n) is 8.93. The second-order valence-corrected chi connectivity index (χ2v) is 8.93. The van der Waals surface area contributed by atoms with Crippen LogP contribution in [0.15, 0.2) is 36.8 Å². The van der Waals surface area contributed by atoms with Crippen molar-refractivity contribution in [2.45, 2.75) is 38.4 Å². The van der Waals surface area contributed by atoms with Gasteiger partial charge in [-0.25, -0.2) is 18.7 Å². The molecule has 0 aliphatic carbocycles. The van der Waals surface area contributed by atoms with Crippen LogP contribution in [0.1, 0.15) is 35.2 Å². The average Bonchev–Trinajstić information content (AvgIpc) is 3.18. The molecule has 13 heteroatoms. The molecule has 1 aliphatic rings. The number of nitrogens with one attached hydrogen (secondary N) is 1. The molecular formula is C23H24F5N7O. The molecule has 1 saturated heterocycles. The topological polar surface area (TPSA) is 88.8 Å². The molecule has 36 heavy (non-hydrogen) atoms. The first-order valence-electron chi connectivity index (χ1n) is 11.1. The summed E-state index contributed by atoms with van der Waals surface area (Å²) in [4.78, 5) is 26.2. The molecule has 1 amide bonds. The highest BCUT2D eigenvalue weighted by atomic mass is 19.4. The van der Waals surface area contributed by atoms with Gasteiger partial charge in [0.1, 0.15) is 5.82 Å². The lowest BCUT2D eigenvalue weighted by molar-refractivity contribution is -0.141. The van der Waals surface area contributed by atoms with E-state index in [9.17, 15) is 26.7 Å². The van der Waals surface area contributed by atoms with E-state index >= 15 is 0 Å². The van der Waals surface area contributed by atoms with Crippen molar-refractivity contribution < 1.29 is 26.7 Å². The Morgan fingerprint density at radius 3 is 2.61 bits per heavy atom. The van der Waals surface area contributed by atoms with Gasteiger partial charge in [-0.15, -0.1) is 0 Å². The van der Waals surface area contributed by atoms with Crippen molar-refractivity contribution in [2.75, 3.05) is 18.4 Å². The molecule has 1 fully saturated rings. The number of hydrogen-bond acceptors (Lipinski definition) is 6. The van der Waals surface area contributed by atoms with E-state index in [1.165, 1.54) is 4.68 Å². The van der Waals surface area contributed by atoms with Gasteiger partial charge in [0.2, 0.25) is 0 Å². The van der Waals surface area contributed by atoms with Gasteiger partial charge in [-0.05, 0) is 25.0 Å². The van der Waals surface area contributed by atoms with E-state index in [0.29, 0.717) is 23.1 Å². The van der Waals surface area contributed by atoms with E-state index in [2.05, 4.69) is 25.4 Å². The molecule has 8 nitrogen and oxygen atoms in total. The molecule has 3 aromatic rings. The molecule has 3 aromatic heterocycles. The van der Waals surface area contributed by atoms with E-state index in [-0.39, 0.29) is 18.1 Å². The van der Waals surface area contributed by atoms with Crippen LogP contribution in [0.3, 0.4) is 0 Å². The molecule has 0 aromatic carbocycles. The van der Waals surface area contributed by atoms with Gasteiger partial charge in [0, 0.05) is 31.9 Å². The van der Waals surface area contributed by atoms with Crippen LogP contribution >= 0.6 is 0 Å². The number of piperidine rings is 1. The molecule has 4 rings (SSSR count). The zero-order chi connectivity index (χ0) is 26.3. The summed E-state index contributed by atoms with van der Waals surface area (Å²) in [5.41, 5.74) is 0.446. The quantitative estimate of drug-likeness (QED) is 0.519. The molecule has 0 saturated carbocycles. The summed E-state index contributed by atoms with van der Waals surface area (Å²) >= 11 is 0. The number of amides is 1. The van der Waals surface area contributed by atoms with Gasteiger partial charge in [-0.2, -0.15) is 18.3 Å². The fraction of sp³-hybridized carbons (Fsp3) is 0.435. The van der Waals surface area contributed by atoms with Gasteiger partial charge in [0.15, 0.2) is 11.4 Å². The lowest BCUT2D eigenvalue weighted by Crippen LogP contribution is -2.57. The standard InChI is InChI=1S/C23H24F5N7O/c1-13-7-22(24,25)12-35(17(13)8-30-19-10-29-18(9-31-19)23(26,27)28)21(36)20-15(11-34(3)33-20)16-6-4-5-14(2)32-16/h4-6,9-11,13,17H,7-8,12H2,1-3H3,(H,30,31)/t13-,17-/m1/s1. The fourth-order valence-corrected chi connectivity index (χ4v) is 4.32. The van der Waals surface area contributed by atoms with Gasteiger partial charge in [-0.3, -0.25) is 14.5 Å². The Bertz CT molecular complexity index is 1240. The molecule has 0 unspecified atom stereocenters. The molecule has 192 valence electrons. The molecule has 4 heterocycles. The molecule has 0 spiro atoms. The highest BCUT2D eigenvalue weighted by molar-refractivity contribution is 5.98. The highest BCUT2D eigenvalue weighted by Crippen LogP contribution is 2.36. The molecule has 1 aliphatic heterocycles. The van der Waals surface area contributed by atoms with Crippen LogP contribution in [0.4, 0.5) is 27.8 Å². The molecule has 2 atom stereocenters. The summed E-state index contributed by atoms with van der Waals surface area (Å²) in [5.74, 6) is -4.40. The third kappa shape index (κ3) is 5.44. The number of hydrogen-bond donors (Lipinski definition) is 1. The summed E-state index contributed by atoms with van der Waals surface area (Å²) in [6.45, 7) is 2.55. The lowest BCUT2D eigenvalue weighted by atomic mass is 9.88. The third-order valence-electron chi connectivity index (χ3n) is 5.97. The minimum Gasteiger partial charge on any atom is -0.367 e. The van der Waals surface area contributed by atoms with Crippen molar-refractivity contribution in [3.8, 4) is 11.3 Å². The summed E-state index contributed by atoms with van der Waals surface area (Å²) < 4.78 is 68.8. The normalized spacial score (nSPS) is 19.8. The largest absolute Gasteiger partial charge is 0.434 e. The lowest BCUT2D eigenvalue weighted by Gasteiger charge is -2.43. The monoisotopic (exact) mass is 509 g/mol. The number of likely N-dealkylation sites (tertiary alicyclic amines) is 1. The smallest absolute Gasteiger partial charge is 0.367 e. The van der Waals surface area contributed by atoms with Crippen LogP contribution in [-0.2, 0) is 13.2 Å². The number of aromatic nitrogens is 5. The van der Waals surface area contributed by atoms with Crippen LogP contribution in [0.5, 0.6) is 0 Å². The minimum absolute atomic E-state index is 0.0141. The average molecular weight is 509 g/mol. The molecule has 0 bridgehead atoms. The van der Waals surface area contributed by atoms with E-state index in [4.69, 9.17) is 0 Å². The zero-order valence-electron chi connectivity index (χ0n) is 19.7. The Balaban J connectivity index is 1.61. The number of aryl methyl sites for hydroxylation is 2. The summed E-state index contributed by atoms with van der Waals surface area (Å²) in [5, 5.41) is 7.07. The van der Waals surface area contributed by atoms with Crippen molar-refractivity contribution in [3.63, 3.8) is 0 Å². The Morgan fingerprint density at radius 2 is 1.97 bits per heavy atom. The van der Waals surface area contributed by atoms with Crippen molar-refractivity contribution in [3.05, 3.63) is 53.9 Å². The van der Waals surface area contributed by atoms with E-state index in [1.807, 2.05) is 0 Å². The summed E-state index contributed by atoms with van der Waals surface area (Å²) in [6.07, 6.45) is -1.98. The van der Waals surface area contributed by atoms with Crippen LogP contribution in [0.25, 0.3) is 11.3 Å². The number of alkyl halides is 5. The summed E-state index contributed by atoms with van der Waals surface area (Å²) in [7, 11) is 1.62. The molecular weight excluding hydrogens is 485 g/mol. The third-order valence-corrected chi connectivity index (χ3v) is 5.97. The molecule has 1 N–H and O–H groups in total. The fourth-order valence-electron chi connectivity index (χ4n) is 4.32. The molecule has 0 radical (unpaired) electrons. The van der Waals surface area contributed by atoms with Crippen LogP contribution in [0.2, 0.25) is 0 Å². The number of pyridine rings is 1. The van der Waals surface area contributed by atoms with Crippen molar-refractivity contribution in [1.82, 2.24) is 29.6 Å². The SMILES string of the molecule is Cc1cccc(-c2cn(C)nc2C(=O)N2CC(F)(F)C[C@@H](C)[C@H]2CNc2cnc(C(F)(F)F)cn2)n1. The van der Waals surface area contributed by atoms with Crippen molar-refractivity contribution in [1.29, 1.82) is 0 Å². The van der Waals surface area contributed by atoms with Crippen LogP contribution in [-0.4, -0.2) is 60.6 Å². The number of carbonyl (C=O) groups excluding carboxylic acids is 1. The number of rotatable bonds is 5. The van der Waals surface area contributed by atoms with Gasteiger partial charge >= 0.3 is 6.18 Å². The predicted octanol–water partition coefficient (Wildman–Crippen LogP) is 4.20. The minimum atomic E-state index is -4.63. The van der Waals surface area contributed by atoms with E-state index < -0.39 is 48.6 Å². The number of nitrogens with zero attached hydrogens (tertiary/aromatic N) is 6. The number of carbonyl (C=O) groups is 1. The Kier molecular flexibility index (Phi) is 6.67. The first-order valence-corrected chi connectivity index (χ1v) is 11.1. The first kappa shape index (κ1) is 25.5. The first-order chi connectivity index (χ1) is 16.8. The van der Waals surface area contributed by atoms with Gasteiger partial charge < -0.3 is 10.2 Å². The van der Waals surface area contributed by atoms with E-state index in [1.54, 1.807) is 45.3 Å². The predicted molar refractivity (Wildman–Crippen MR) is 120 cm³/mol. The Labute approximate surface area is 203 Å². The maximum atomic E-state index is 14.6. The Morgan fingerprint density at radius 1 is 1.22 bits per heavy atom. The number of anilines is 1. The Hall–Kier alpha value is -3.64. The van der Waals surface area contributed by atoms with Gasteiger partial charge in [0.05, 0.1) is 36.2 Å². The van der Waals surface area contributed by atoms with Gasteiger partial charge in [-0.1, -0.05) is 13.0 Å². The second kappa shape index (κ2) is 9.43. The van der Waals surface area contributed by atoms with Gasteiger partial charge in [0.25, 0.3) is 11.8 Å². The highest BCUT2D eigenvalue weighted by Gasteiger charge is 2.47. The van der Waals surface area contributed by atoms with Crippen molar-refractivity contribution in [2.24, 2.45) is 13.0 Å². The maximum absolute atomic E-state index is 14.6. The number of halogens is 5. The zero-order valence-corrected chi connectivity index (χ0v) is 19.7. The van der Waals surface area contributed by atoms with Crippen molar-refractivity contribution >= 4 is 11.7 Å². The summed E-state index contributed by atoms with van der Waals surface area (Å²) in [6, 6.07) is 4.56. The van der Waals surface area contributed by atoms with E-state index in [0.717, 1.165) is 11.1 Å². The van der Waals surface area contributed by atoms with Crippen LogP contribution < -0.4 is 5.32 Å².